The molecule has 4 rings (SSSR count). The molecule has 2 amide bonds. The molecule has 0 atom stereocenters. The van der Waals surface area contributed by atoms with E-state index in [0.717, 1.165) is 30.2 Å². The van der Waals surface area contributed by atoms with Gasteiger partial charge in [-0.05, 0) is 42.7 Å². The van der Waals surface area contributed by atoms with Crippen molar-refractivity contribution in [3.05, 3.63) is 87.4 Å². The number of hydrogen-bond acceptors (Lipinski definition) is 6. The first-order chi connectivity index (χ1) is 18.2. The van der Waals surface area contributed by atoms with Gasteiger partial charge in [-0.25, -0.2) is 13.1 Å². The number of carbonyl (C=O) groups is 2. The molecule has 1 aliphatic rings. The number of rotatable bonds is 8. The van der Waals surface area contributed by atoms with Crippen LogP contribution in [-0.4, -0.2) is 40.4 Å². The number of methoxy groups -OCH3 is 1. The number of carbonyl (C=O) groups excluding carboxylic acids is 2. The normalized spacial score (nSPS) is 13.0. The fourth-order valence-corrected chi connectivity index (χ4v) is 6.05. The summed E-state index contributed by atoms with van der Waals surface area (Å²) in [5.41, 5.74) is 7.26. The van der Waals surface area contributed by atoms with Crippen molar-refractivity contribution in [3.63, 3.8) is 0 Å². The van der Waals surface area contributed by atoms with Crippen LogP contribution in [0, 0.1) is 0 Å². The van der Waals surface area contributed by atoms with Crippen LogP contribution in [-0.2, 0) is 27.8 Å². The van der Waals surface area contributed by atoms with E-state index in [1.165, 1.54) is 13.2 Å². The van der Waals surface area contributed by atoms with Gasteiger partial charge < -0.3 is 9.64 Å². The fraction of sp³-hybridized carbons (Fsp3) is 0.231. The van der Waals surface area contributed by atoms with Gasteiger partial charge in [0.15, 0.2) is 0 Å². The van der Waals surface area contributed by atoms with Crippen molar-refractivity contribution >= 4 is 50.7 Å². The molecule has 3 N–H and O–H groups in total. The van der Waals surface area contributed by atoms with Crippen molar-refractivity contribution in [2.75, 3.05) is 25.1 Å². The first kappa shape index (κ1) is 27.7. The Kier molecular flexibility index (Phi) is 8.78. The van der Waals surface area contributed by atoms with Crippen LogP contribution >= 0.6 is 23.2 Å². The molecule has 0 saturated heterocycles. The number of amides is 2. The number of ether oxygens (including phenoxy) is 1. The van der Waals surface area contributed by atoms with E-state index in [9.17, 15) is 18.0 Å². The highest BCUT2D eigenvalue weighted by Crippen LogP contribution is 2.29. The van der Waals surface area contributed by atoms with E-state index in [1.807, 2.05) is 29.2 Å². The second-order valence-corrected chi connectivity index (χ2v) is 11.1. The number of aryl methyl sites for hydroxylation is 1. The van der Waals surface area contributed by atoms with Crippen molar-refractivity contribution in [2.45, 2.75) is 24.3 Å². The molecule has 0 radical (unpaired) electrons. The van der Waals surface area contributed by atoms with Gasteiger partial charge in [0.2, 0.25) is 10.0 Å². The SMILES string of the molecule is COc1ccccc1CNS(=O)(=O)c1cc(C(=O)NNC(=O)CN2CCCc3ccccc32)c(Cl)cc1Cl. The molecule has 1 aliphatic heterocycles. The smallest absolute Gasteiger partial charge is 0.271 e. The summed E-state index contributed by atoms with van der Waals surface area (Å²) in [4.78, 5) is 27.0. The van der Waals surface area contributed by atoms with E-state index < -0.39 is 21.8 Å². The predicted molar refractivity (Wildman–Crippen MR) is 146 cm³/mol. The van der Waals surface area contributed by atoms with Gasteiger partial charge in [0.1, 0.15) is 10.6 Å². The second-order valence-electron chi connectivity index (χ2n) is 8.55. The van der Waals surface area contributed by atoms with Crippen LogP contribution in [0.4, 0.5) is 5.69 Å². The number of halogens is 2. The maximum atomic E-state index is 13.0. The average Bonchev–Trinajstić information content (AvgIpc) is 2.91. The Labute approximate surface area is 231 Å². The lowest BCUT2D eigenvalue weighted by atomic mass is 10.0. The van der Waals surface area contributed by atoms with E-state index in [2.05, 4.69) is 15.6 Å². The summed E-state index contributed by atoms with van der Waals surface area (Å²) in [6, 6.07) is 17.0. The molecule has 0 aromatic heterocycles. The van der Waals surface area contributed by atoms with Gasteiger partial charge in [-0.3, -0.25) is 20.4 Å². The summed E-state index contributed by atoms with van der Waals surface area (Å²) < 4.78 is 33.7. The molecule has 0 spiro atoms. The first-order valence-electron chi connectivity index (χ1n) is 11.7. The third-order valence-corrected chi connectivity index (χ3v) is 8.24. The Hall–Kier alpha value is -3.31. The Balaban J connectivity index is 1.43. The van der Waals surface area contributed by atoms with Gasteiger partial charge >= 0.3 is 0 Å². The Morgan fingerprint density at radius 2 is 1.74 bits per heavy atom. The van der Waals surface area contributed by atoms with E-state index in [-0.39, 0.29) is 33.6 Å². The topological polar surface area (TPSA) is 117 Å². The lowest BCUT2D eigenvalue weighted by molar-refractivity contribution is -0.120. The molecule has 0 saturated carbocycles. The molecule has 38 heavy (non-hydrogen) atoms. The number of fused-ring (bicyclic) bond motifs is 1. The molecule has 1 heterocycles. The van der Waals surface area contributed by atoms with E-state index in [1.54, 1.807) is 24.3 Å². The van der Waals surface area contributed by atoms with Crippen molar-refractivity contribution in [3.8, 4) is 5.75 Å². The maximum absolute atomic E-state index is 13.0. The average molecular weight is 577 g/mol. The van der Waals surface area contributed by atoms with Crippen LogP contribution in [0.3, 0.4) is 0 Å². The van der Waals surface area contributed by atoms with E-state index in [0.29, 0.717) is 17.9 Å². The number of anilines is 1. The molecule has 0 bridgehead atoms. The highest BCUT2D eigenvalue weighted by Gasteiger charge is 2.24. The van der Waals surface area contributed by atoms with Gasteiger partial charge in [-0.1, -0.05) is 59.6 Å². The fourth-order valence-electron chi connectivity index (χ4n) is 4.19. The van der Waals surface area contributed by atoms with Gasteiger partial charge in [0.05, 0.1) is 29.3 Å². The van der Waals surface area contributed by atoms with E-state index >= 15 is 0 Å². The Morgan fingerprint density at radius 3 is 2.53 bits per heavy atom. The number of nitrogens with zero attached hydrogens (tertiary/aromatic N) is 1. The van der Waals surface area contributed by atoms with Gasteiger partial charge in [-0.15, -0.1) is 0 Å². The molecular formula is C26H26Cl2N4O5S. The number of hydrazine groups is 1. The molecule has 0 unspecified atom stereocenters. The van der Waals surface area contributed by atoms with Crippen LogP contribution in [0.2, 0.25) is 10.0 Å². The molecule has 0 fully saturated rings. The van der Waals surface area contributed by atoms with Crippen LogP contribution in [0.15, 0.2) is 65.6 Å². The molecule has 3 aromatic carbocycles. The monoisotopic (exact) mass is 576 g/mol. The van der Waals surface area contributed by atoms with Crippen LogP contribution in [0.25, 0.3) is 0 Å². The Bertz CT molecular complexity index is 1470. The predicted octanol–water partition coefficient (Wildman–Crippen LogP) is 3.69. The lowest BCUT2D eigenvalue weighted by Crippen LogP contribution is -2.47. The second kappa shape index (κ2) is 12.0. The maximum Gasteiger partial charge on any atom is 0.271 e. The van der Waals surface area contributed by atoms with Crippen LogP contribution in [0.1, 0.15) is 27.9 Å². The summed E-state index contributed by atoms with van der Waals surface area (Å²) in [5, 5.41) is -0.234. The first-order valence-corrected chi connectivity index (χ1v) is 14.0. The number of sulfonamides is 1. The largest absolute Gasteiger partial charge is 0.496 e. The highest BCUT2D eigenvalue weighted by molar-refractivity contribution is 7.89. The quantitative estimate of drug-likeness (QED) is 0.352. The zero-order valence-corrected chi connectivity index (χ0v) is 22.8. The number of benzene rings is 3. The third-order valence-electron chi connectivity index (χ3n) is 6.06. The molecule has 0 aliphatic carbocycles. The van der Waals surface area contributed by atoms with Gasteiger partial charge in [-0.2, -0.15) is 0 Å². The summed E-state index contributed by atoms with van der Waals surface area (Å²) in [7, 11) is -2.65. The van der Waals surface area contributed by atoms with Crippen LogP contribution in [0.5, 0.6) is 5.75 Å². The molecule has 200 valence electrons. The molecular weight excluding hydrogens is 551 g/mol. The molecule has 3 aromatic rings. The number of nitrogens with one attached hydrogen (secondary N) is 3. The molecule has 12 heteroatoms. The summed E-state index contributed by atoms with van der Waals surface area (Å²) in [5.74, 6) is -0.715. The minimum atomic E-state index is -4.14. The summed E-state index contributed by atoms with van der Waals surface area (Å²) >= 11 is 12.4. The van der Waals surface area contributed by atoms with Crippen molar-refractivity contribution < 1.29 is 22.7 Å². The standard InChI is InChI=1S/C26H26Cl2N4O5S/c1-37-23-11-5-3-8-18(23)15-29-38(35,36)24-13-19(20(27)14-21(24)28)26(34)31-30-25(33)16-32-12-6-9-17-7-2-4-10-22(17)32/h2-5,7-8,10-11,13-14,29H,6,9,12,15-16H2,1H3,(H,30,33)(H,31,34). The summed E-state index contributed by atoms with van der Waals surface area (Å²) in [6.45, 7) is 0.686. The Morgan fingerprint density at radius 1 is 1.00 bits per heavy atom. The zero-order valence-electron chi connectivity index (χ0n) is 20.5. The number of para-hydroxylation sites is 2. The van der Waals surface area contributed by atoms with Crippen LogP contribution < -0.4 is 25.2 Å². The van der Waals surface area contributed by atoms with Gasteiger partial charge in [0.25, 0.3) is 11.8 Å². The minimum Gasteiger partial charge on any atom is -0.496 e. The number of hydrogen-bond donors (Lipinski definition) is 3. The summed E-state index contributed by atoms with van der Waals surface area (Å²) in [6.07, 6.45) is 1.86. The van der Waals surface area contributed by atoms with Crippen molar-refractivity contribution in [1.29, 1.82) is 0 Å². The minimum absolute atomic E-state index is 0.0398. The molecule has 9 nitrogen and oxygen atoms in total. The zero-order chi connectivity index (χ0) is 27.3. The van der Waals surface area contributed by atoms with E-state index in [4.69, 9.17) is 27.9 Å². The van der Waals surface area contributed by atoms with Gasteiger partial charge in [0, 0.05) is 24.3 Å². The highest BCUT2D eigenvalue weighted by atomic mass is 35.5. The van der Waals surface area contributed by atoms with Crippen molar-refractivity contribution in [2.24, 2.45) is 0 Å². The third kappa shape index (κ3) is 6.39. The van der Waals surface area contributed by atoms with Crippen molar-refractivity contribution in [1.82, 2.24) is 15.6 Å². The lowest BCUT2D eigenvalue weighted by Gasteiger charge is -2.30.